The third kappa shape index (κ3) is 2.57. The Hall–Kier alpha value is -2.17. The van der Waals surface area contributed by atoms with Crippen molar-refractivity contribution in [1.29, 1.82) is 0 Å². The molecule has 1 saturated carbocycles. The molecule has 0 aliphatic heterocycles. The zero-order valence-electron chi connectivity index (χ0n) is 11.4. The Morgan fingerprint density at radius 1 is 1.25 bits per heavy atom. The van der Waals surface area contributed by atoms with E-state index in [1.165, 1.54) is 38.2 Å². The molecule has 3 rings (SSSR count). The number of H-pyrrole nitrogens is 1. The number of rotatable bonds is 4. The van der Waals surface area contributed by atoms with Gasteiger partial charge in [-0.3, -0.25) is 9.89 Å². The molecule has 5 heteroatoms. The number of ether oxygens (including phenoxy) is 1. The van der Waals surface area contributed by atoms with Gasteiger partial charge in [-0.25, -0.2) is 0 Å². The molecule has 0 radical (unpaired) electrons. The van der Waals surface area contributed by atoms with Crippen molar-refractivity contribution in [3.8, 4) is 11.6 Å². The van der Waals surface area contributed by atoms with Crippen LogP contribution in [0.5, 0.6) is 11.6 Å². The number of nitrogens with zero attached hydrogens (tertiary/aromatic N) is 2. The molecule has 0 atom stereocenters. The summed E-state index contributed by atoms with van der Waals surface area (Å²) < 4.78 is 5.60. The fraction of sp³-hybridized carbons (Fsp3) is 0.400. The van der Waals surface area contributed by atoms with Gasteiger partial charge in [-0.2, -0.15) is 0 Å². The molecule has 2 aromatic rings. The molecule has 1 heterocycles. The second-order valence-corrected chi connectivity index (χ2v) is 5.20. The van der Waals surface area contributed by atoms with E-state index in [0.717, 1.165) is 0 Å². The lowest BCUT2D eigenvalue weighted by Crippen LogP contribution is -1.97. The Balaban J connectivity index is 1.74. The average Bonchev–Trinajstić information content (AvgIpc) is 3.10. The first kappa shape index (κ1) is 12.8. The predicted molar refractivity (Wildman–Crippen MR) is 74.1 cm³/mol. The van der Waals surface area contributed by atoms with E-state index in [9.17, 15) is 4.79 Å². The van der Waals surface area contributed by atoms with Crippen molar-refractivity contribution in [1.82, 2.24) is 15.4 Å². The Morgan fingerprint density at radius 2 is 1.95 bits per heavy atom. The minimum Gasteiger partial charge on any atom is -0.436 e. The van der Waals surface area contributed by atoms with Gasteiger partial charge in [0, 0.05) is 6.92 Å². The second-order valence-electron chi connectivity index (χ2n) is 5.20. The highest BCUT2D eigenvalue weighted by Gasteiger charge is 2.17. The van der Waals surface area contributed by atoms with Gasteiger partial charge < -0.3 is 4.74 Å². The van der Waals surface area contributed by atoms with Gasteiger partial charge in [0.05, 0.1) is 0 Å². The molecular weight excluding hydrogens is 254 g/mol. The van der Waals surface area contributed by atoms with Crippen molar-refractivity contribution >= 4 is 5.78 Å². The number of ketones is 1. The molecule has 1 aliphatic carbocycles. The molecule has 1 N–H and O–H groups in total. The van der Waals surface area contributed by atoms with Gasteiger partial charge in [-0.05, 0) is 36.5 Å². The lowest BCUT2D eigenvalue weighted by Gasteiger charge is -2.10. The van der Waals surface area contributed by atoms with Gasteiger partial charge in [-0.15, -0.1) is 0 Å². The Morgan fingerprint density at radius 3 is 2.60 bits per heavy atom. The number of hydrogen-bond acceptors (Lipinski definition) is 4. The maximum absolute atomic E-state index is 11.4. The monoisotopic (exact) mass is 271 g/mol. The number of Topliss-reactive ketones (excluding diaryl/α,β-unsaturated/α-hetero) is 1. The van der Waals surface area contributed by atoms with Gasteiger partial charge in [0.25, 0.3) is 5.88 Å². The van der Waals surface area contributed by atoms with Crippen LogP contribution >= 0.6 is 0 Å². The number of hydrogen-bond donors (Lipinski definition) is 1. The molecule has 0 bridgehead atoms. The van der Waals surface area contributed by atoms with Gasteiger partial charge in [0.15, 0.2) is 11.5 Å². The summed E-state index contributed by atoms with van der Waals surface area (Å²) in [6, 6.07) is 8.04. The lowest BCUT2D eigenvalue weighted by atomic mass is 9.98. The number of benzene rings is 1. The summed E-state index contributed by atoms with van der Waals surface area (Å²) in [5, 5.41) is 9.93. The van der Waals surface area contributed by atoms with Crippen molar-refractivity contribution in [2.45, 2.75) is 38.5 Å². The molecular formula is C15H17N3O2. The molecule has 1 aromatic heterocycles. The third-order valence-electron chi connectivity index (χ3n) is 3.79. The zero-order valence-corrected chi connectivity index (χ0v) is 11.4. The summed E-state index contributed by atoms with van der Waals surface area (Å²) in [5.74, 6) is 1.44. The summed E-state index contributed by atoms with van der Waals surface area (Å²) >= 11 is 0. The van der Waals surface area contributed by atoms with Crippen LogP contribution in [0.25, 0.3) is 0 Å². The molecule has 104 valence electrons. The first-order valence-corrected chi connectivity index (χ1v) is 6.94. The van der Waals surface area contributed by atoms with Crippen LogP contribution in [0.4, 0.5) is 0 Å². The fourth-order valence-electron chi connectivity index (χ4n) is 2.70. The van der Waals surface area contributed by atoms with Crippen LogP contribution < -0.4 is 4.74 Å². The molecule has 20 heavy (non-hydrogen) atoms. The van der Waals surface area contributed by atoms with E-state index in [1.807, 2.05) is 12.1 Å². The van der Waals surface area contributed by atoms with Crippen LogP contribution in [0.3, 0.4) is 0 Å². The molecule has 1 aromatic carbocycles. The first-order valence-electron chi connectivity index (χ1n) is 6.94. The van der Waals surface area contributed by atoms with Gasteiger partial charge in [-0.1, -0.05) is 35.3 Å². The normalized spacial score (nSPS) is 15.4. The highest BCUT2D eigenvalue weighted by molar-refractivity contribution is 5.94. The van der Waals surface area contributed by atoms with Crippen LogP contribution in [0, 0.1) is 0 Å². The maximum Gasteiger partial charge on any atom is 0.269 e. The summed E-state index contributed by atoms with van der Waals surface area (Å²) in [6.07, 6.45) is 5.20. The van der Waals surface area contributed by atoms with Crippen molar-refractivity contribution < 1.29 is 9.53 Å². The summed E-state index contributed by atoms with van der Waals surface area (Å²) in [7, 11) is 0. The van der Waals surface area contributed by atoms with Crippen molar-refractivity contribution in [2.75, 3.05) is 0 Å². The molecule has 0 amide bonds. The van der Waals surface area contributed by atoms with E-state index in [4.69, 9.17) is 4.74 Å². The van der Waals surface area contributed by atoms with Crippen LogP contribution in [0.2, 0.25) is 0 Å². The lowest BCUT2D eigenvalue weighted by molar-refractivity contribution is 0.101. The quantitative estimate of drug-likeness (QED) is 0.865. The summed E-state index contributed by atoms with van der Waals surface area (Å²) in [4.78, 5) is 11.4. The number of aromatic nitrogens is 3. The highest BCUT2D eigenvalue weighted by atomic mass is 16.5. The average molecular weight is 271 g/mol. The van der Waals surface area contributed by atoms with Crippen molar-refractivity contribution in [3.63, 3.8) is 0 Å². The SMILES string of the molecule is CC(=O)c1[nH]nnc1Oc1ccc(C2CCCC2)cc1. The molecule has 1 aliphatic rings. The van der Waals surface area contributed by atoms with Crippen LogP contribution in [-0.4, -0.2) is 21.2 Å². The standard InChI is InChI=1S/C15H17N3O2/c1-10(19)14-15(17-18-16-14)20-13-8-6-12(7-9-13)11-4-2-3-5-11/h6-9,11H,2-5H2,1H3,(H,16,17,18). The Labute approximate surface area is 117 Å². The highest BCUT2D eigenvalue weighted by Crippen LogP contribution is 2.35. The summed E-state index contributed by atoms with van der Waals surface area (Å²) in [6.45, 7) is 1.45. The number of carbonyl (C=O) groups is 1. The van der Waals surface area contributed by atoms with Crippen LogP contribution in [0.15, 0.2) is 24.3 Å². The van der Waals surface area contributed by atoms with Crippen LogP contribution in [-0.2, 0) is 0 Å². The number of nitrogens with one attached hydrogen (secondary N) is 1. The summed E-state index contributed by atoms with van der Waals surface area (Å²) in [5.41, 5.74) is 1.66. The van der Waals surface area contributed by atoms with Gasteiger partial charge in [0.2, 0.25) is 0 Å². The third-order valence-corrected chi connectivity index (χ3v) is 3.79. The van der Waals surface area contributed by atoms with E-state index in [0.29, 0.717) is 17.4 Å². The maximum atomic E-state index is 11.4. The predicted octanol–water partition coefficient (Wildman–Crippen LogP) is 3.46. The van der Waals surface area contributed by atoms with Gasteiger partial charge in [0.1, 0.15) is 5.75 Å². The zero-order chi connectivity index (χ0) is 13.9. The van der Waals surface area contributed by atoms with E-state index < -0.39 is 0 Å². The van der Waals surface area contributed by atoms with Crippen molar-refractivity contribution in [3.05, 3.63) is 35.5 Å². The van der Waals surface area contributed by atoms with Gasteiger partial charge >= 0.3 is 0 Å². The van der Waals surface area contributed by atoms with Crippen LogP contribution in [0.1, 0.15) is 54.6 Å². The first-order chi connectivity index (χ1) is 9.74. The molecule has 0 saturated heterocycles. The van der Waals surface area contributed by atoms with E-state index >= 15 is 0 Å². The molecule has 0 spiro atoms. The topological polar surface area (TPSA) is 67.9 Å². The largest absolute Gasteiger partial charge is 0.436 e. The second kappa shape index (κ2) is 5.45. The minimum absolute atomic E-state index is 0.146. The van der Waals surface area contributed by atoms with E-state index in [2.05, 4.69) is 27.5 Å². The fourth-order valence-corrected chi connectivity index (χ4v) is 2.70. The van der Waals surface area contributed by atoms with Crippen molar-refractivity contribution in [2.24, 2.45) is 0 Å². The molecule has 0 unspecified atom stereocenters. The Kier molecular flexibility index (Phi) is 3.50. The van der Waals surface area contributed by atoms with E-state index in [1.54, 1.807) is 0 Å². The Bertz CT molecular complexity index is 598. The molecule has 1 fully saturated rings. The number of aromatic amines is 1. The number of carbonyl (C=O) groups excluding carboxylic acids is 1. The minimum atomic E-state index is -0.146. The molecule has 5 nitrogen and oxygen atoms in total. The van der Waals surface area contributed by atoms with E-state index in [-0.39, 0.29) is 11.7 Å². The smallest absolute Gasteiger partial charge is 0.269 e.